The van der Waals surface area contributed by atoms with E-state index < -0.39 is 15.6 Å². The molecule has 0 fully saturated rings. The predicted molar refractivity (Wildman–Crippen MR) is 78.5 cm³/mol. The Kier molecular flexibility index (Phi) is 3.90. The molecule has 0 unspecified atom stereocenters. The Morgan fingerprint density at radius 2 is 2.10 bits per heavy atom. The summed E-state index contributed by atoms with van der Waals surface area (Å²) in [7, 11) is -3.27. The van der Waals surface area contributed by atoms with Gasteiger partial charge in [0.05, 0.1) is 11.3 Å². The maximum atomic E-state index is 11.2. The van der Waals surface area contributed by atoms with E-state index in [-0.39, 0.29) is 0 Å². The summed E-state index contributed by atoms with van der Waals surface area (Å²) in [4.78, 5) is 4.26. The number of nitrogens with one attached hydrogen (secondary N) is 2. The molecule has 2 heterocycles. The molecule has 110 valence electrons. The molecule has 0 aliphatic heterocycles. The average Bonchev–Trinajstić information content (AvgIpc) is 2.65. The van der Waals surface area contributed by atoms with Crippen LogP contribution in [0.2, 0.25) is 5.02 Å². The fraction of sp³-hybridized carbons (Fsp3) is 0.455. The van der Waals surface area contributed by atoms with Gasteiger partial charge in [0.1, 0.15) is 0 Å². The van der Waals surface area contributed by atoms with Crippen LogP contribution >= 0.6 is 11.6 Å². The highest BCUT2D eigenvalue weighted by Gasteiger charge is 2.22. The Morgan fingerprint density at radius 1 is 1.40 bits per heavy atom. The summed E-state index contributed by atoms with van der Waals surface area (Å²) in [5, 5.41) is 7.77. The van der Waals surface area contributed by atoms with E-state index in [0.29, 0.717) is 23.2 Å². The molecule has 2 rings (SSSR count). The minimum absolute atomic E-state index is 0.352. The highest BCUT2D eigenvalue weighted by atomic mass is 35.5. The quantitative estimate of drug-likeness (QED) is 0.863. The van der Waals surface area contributed by atoms with Gasteiger partial charge in [0, 0.05) is 18.3 Å². The first-order valence-electron chi connectivity index (χ1n) is 5.89. The molecule has 0 aromatic carbocycles. The van der Waals surface area contributed by atoms with Gasteiger partial charge in [-0.3, -0.25) is 0 Å². The van der Waals surface area contributed by atoms with Crippen LogP contribution in [0.1, 0.15) is 13.8 Å². The van der Waals surface area contributed by atoms with Crippen molar-refractivity contribution < 1.29 is 8.42 Å². The molecule has 0 aliphatic carbocycles. The lowest BCUT2D eigenvalue weighted by molar-refractivity contribution is 0.475. The van der Waals surface area contributed by atoms with Crippen molar-refractivity contribution in [1.29, 1.82) is 0 Å². The van der Waals surface area contributed by atoms with Crippen LogP contribution in [0, 0.1) is 0 Å². The number of aromatic nitrogens is 3. The Hall–Kier alpha value is -1.38. The van der Waals surface area contributed by atoms with Crippen molar-refractivity contribution in [1.82, 2.24) is 19.3 Å². The lowest BCUT2D eigenvalue weighted by atomic mass is 10.1. The zero-order chi connectivity index (χ0) is 15.0. The normalized spacial score (nSPS) is 12.8. The van der Waals surface area contributed by atoms with Gasteiger partial charge in [0.25, 0.3) is 0 Å². The number of rotatable bonds is 5. The zero-order valence-corrected chi connectivity index (χ0v) is 13.0. The van der Waals surface area contributed by atoms with Crippen molar-refractivity contribution >= 4 is 33.2 Å². The highest BCUT2D eigenvalue weighted by Crippen LogP contribution is 2.12. The Balaban J connectivity index is 2.09. The number of halogens is 1. The number of fused-ring (bicyclic) bond motifs is 1. The maximum Gasteiger partial charge on any atom is 0.243 e. The van der Waals surface area contributed by atoms with E-state index in [1.807, 2.05) is 0 Å². The number of anilines is 1. The first kappa shape index (κ1) is 15.0. The SMILES string of the molecule is CC(C)(CNc1nc2ccc(Cl)cn2n1)NS(C)(=O)=O. The molecule has 2 aromatic heterocycles. The van der Waals surface area contributed by atoms with Gasteiger partial charge in [-0.25, -0.2) is 17.7 Å². The third-order valence-corrected chi connectivity index (χ3v) is 3.59. The first-order chi connectivity index (χ1) is 9.15. The third-order valence-electron chi connectivity index (χ3n) is 2.45. The van der Waals surface area contributed by atoms with E-state index in [2.05, 4.69) is 20.1 Å². The second kappa shape index (κ2) is 5.19. The van der Waals surface area contributed by atoms with Crippen molar-refractivity contribution in [2.24, 2.45) is 0 Å². The summed E-state index contributed by atoms with van der Waals surface area (Å²) < 4.78 is 26.6. The summed E-state index contributed by atoms with van der Waals surface area (Å²) in [5.41, 5.74) is 0.00804. The fourth-order valence-electron chi connectivity index (χ4n) is 1.77. The number of hydrogen-bond acceptors (Lipinski definition) is 5. The number of nitrogens with zero attached hydrogens (tertiary/aromatic N) is 3. The largest absolute Gasteiger partial charge is 0.351 e. The standard InChI is InChI=1S/C11H16ClN5O2S/c1-11(2,16-20(3,18)19)7-13-10-14-9-5-4-8(12)6-17(9)15-10/h4-6,16H,7H2,1-3H3,(H,13,15). The van der Waals surface area contributed by atoms with Crippen LogP contribution in [0.3, 0.4) is 0 Å². The lowest BCUT2D eigenvalue weighted by Crippen LogP contribution is -2.47. The Bertz CT molecular complexity index is 725. The lowest BCUT2D eigenvalue weighted by Gasteiger charge is -2.24. The topological polar surface area (TPSA) is 88.4 Å². The third kappa shape index (κ3) is 4.06. The molecule has 0 radical (unpaired) electrons. The molecule has 20 heavy (non-hydrogen) atoms. The summed E-state index contributed by atoms with van der Waals surface area (Å²) >= 11 is 5.86. The maximum absolute atomic E-state index is 11.2. The minimum Gasteiger partial charge on any atom is -0.351 e. The monoisotopic (exact) mass is 317 g/mol. The van der Waals surface area contributed by atoms with Gasteiger partial charge in [-0.05, 0) is 26.0 Å². The smallest absolute Gasteiger partial charge is 0.243 e. The van der Waals surface area contributed by atoms with Gasteiger partial charge in [0.2, 0.25) is 16.0 Å². The van der Waals surface area contributed by atoms with E-state index in [0.717, 1.165) is 6.26 Å². The molecule has 7 nitrogen and oxygen atoms in total. The van der Waals surface area contributed by atoms with Gasteiger partial charge >= 0.3 is 0 Å². The summed E-state index contributed by atoms with van der Waals surface area (Å²) in [6.45, 7) is 3.89. The molecule has 0 aliphatic rings. The van der Waals surface area contributed by atoms with E-state index >= 15 is 0 Å². The van der Waals surface area contributed by atoms with Gasteiger partial charge in [-0.2, -0.15) is 4.98 Å². The summed E-state index contributed by atoms with van der Waals surface area (Å²) in [6.07, 6.45) is 2.77. The van der Waals surface area contributed by atoms with Crippen LogP contribution < -0.4 is 10.0 Å². The first-order valence-corrected chi connectivity index (χ1v) is 8.16. The van der Waals surface area contributed by atoms with Crippen molar-refractivity contribution in [2.45, 2.75) is 19.4 Å². The summed E-state index contributed by atoms with van der Waals surface area (Å²) in [6, 6.07) is 3.48. The number of hydrogen-bond donors (Lipinski definition) is 2. The second-order valence-corrected chi connectivity index (χ2v) is 7.38. The molecule has 0 bridgehead atoms. The van der Waals surface area contributed by atoms with Crippen molar-refractivity contribution in [3.05, 3.63) is 23.4 Å². The van der Waals surface area contributed by atoms with Gasteiger partial charge in [-0.15, -0.1) is 5.10 Å². The minimum atomic E-state index is -3.27. The van der Waals surface area contributed by atoms with E-state index in [4.69, 9.17) is 11.6 Å². The van der Waals surface area contributed by atoms with Crippen LogP contribution in [0.15, 0.2) is 18.3 Å². The van der Waals surface area contributed by atoms with Gasteiger partial charge in [0.15, 0.2) is 5.65 Å². The molecule has 2 aromatic rings. The van der Waals surface area contributed by atoms with E-state index in [1.165, 1.54) is 0 Å². The predicted octanol–water partition coefficient (Wildman–Crippen LogP) is 1.12. The number of sulfonamides is 1. The molecule has 2 N–H and O–H groups in total. The van der Waals surface area contributed by atoms with Gasteiger partial charge < -0.3 is 5.32 Å². The van der Waals surface area contributed by atoms with E-state index in [9.17, 15) is 8.42 Å². The molecule has 9 heteroatoms. The fourth-order valence-corrected chi connectivity index (χ4v) is 3.00. The van der Waals surface area contributed by atoms with E-state index in [1.54, 1.807) is 36.7 Å². The average molecular weight is 318 g/mol. The Morgan fingerprint density at radius 3 is 2.75 bits per heavy atom. The van der Waals surface area contributed by atoms with Crippen molar-refractivity contribution in [3.63, 3.8) is 0 Å². The van der Waals surface area contributed by atoms with Gasteiger partial charge in [-0.1, -0.05) is 11.6 Å². The van der Waals surface area contributed by atoms with Crippen molar-refractivity contribution in [2.75, 3.05) is 18.1 Å². The molecule has 0 spiro atoms. The van der Waals surface area contributed by atoms with Crippen LogP contribution in [0.4, 0.5) is 5.95 Å². The van der Waals surface area contributed by atoms with Crippen LogP contribution in [-0.4, -0.2) is 41.4 Å². The molecule has 0 saturated heterocycles. The summed E-state index contributed by atoms with van der Waals surface area (Å²) in [5.74, 6) is 0.413. The molecular formula is C11H16ClN5O2S. The van der Waals surface area contributed by atoms with Crippen LogP contribution in [0.5, 0.6) is 0 Å². The van der Waals surface area contributed by atoms with Crippen molar-refractivity contribution in [3.8, 4) is 0 Å². The zero-order valence-electron chi connectivity index (χ0n) is 11.4. The molecular weight excluding hydrogens is 302 g/mol. The van der Waals surface area contributed by atoms with Crippen LogP contribution in [0.25, 0.3) is 5.65 Å². The Labute approximate surface area is 122 Å². The number of pyridine rings is 1. The molecule has 0 atom stereocenters. The molecule has 0 saturated carbocycles. The molecule has 0 amide bonds. The van der Waals surface area contributed by atoms with Crippen LogP contribution in [-0.2, 0) is 10.0 Å². The second-order valence-electron chi connectivity index (χ2n) is 5.20. The highest BCUT2D eigenvalue weighted by molar-refractivity contribution is 7.88.